The standard InChI is InChI=1S/C22H16FN3O2/c23-18-14-8-7-13-17(18)20(27)24-19(15-9-3-1-4-10-15)22-26-25-21(28-22)16-11-5-2-6-12-16/h1-14,19H,(H,24,27)/t19-/m0/s1. The zero-order valence-corrected chi connectivity index (χ0v) is 14.7. The molecule has 1 heterocycles. The summed E-state index contributed by atoms with van der Waals surface area (Å²) < 4.78 is 19.8. The van der Waals surface area contributed by atoms with Gasteiger partial charge in [0.1, 0.15) is 11.9 Å². The predicted molar refractivity (Wildman–Crippen MR) is 102 cm³/mol. The third-order valence-electron chi connectivity index (χ3n) is 4.24. The van der Waals surface area contributed by atoms with E-state index in [1.54, 1.807) is 6.07 Å². The maximum Gasteiger partial charge on any atom is 0.255 e. The third-order valence-corrected chi connectivity index (χ3v) is 4.24. The fourth-order valence-corrected chi connectivity index (χ4v) is 2.84. The van der Waals surface area contributed by atoms with E-state index >= 15 is 0 Å². The molecule has 0 spiro atoms. The maximum absolute atomic E-state index is 14.0. The molecule has 0 aliphatic carbocycles. The molecule has 0 unspecified atom stereocenters. The quantitative estimate of drug-likeness (QED) is 0.563. The monoisotopic (exact) mass is 373 g/mol. The van der Waals surface area contributed by atoms with Crippen molar-refractivity contribution in [3.63, 3.8) is 0 Å². The molecule has 0 bridgehead atoms. The van der Waals surface area contributed by atoms with Crippen LogP contribution in [-0.2, 0) is 0 Å². The molecule has 4 aromatic rings. The maximum atomic E-state index is 14.0. The lowest BCUT2D eigenvalue weighted by atomic mass is 10.1. The van der Waals surface area contributed by atoms with Crippen molar-refractivity contribution in [3.05, 3.63) is 108 Å². The highest BCUT2D eigenvalue weighted by atomic mass is 19.1. The van der Waals surface area contributed by atoms with Gasteiger partial charge in [-0.2, -0.15) is 0 Å². The third kappa shape index (κ3) is 3.66. The summed E-state index contributed by atoms with van der Waals surface area (Å²) >= 11 is 0. The lowest BCUT2D eigenvalue weighted by Gasteiger charge is -2.16. The minimum absolute atomic E-state index is 0.0498. The minimum Gasteiger partial charge on any atom is -0.418 e. The number of amides is 1. The van der Waals surface area contributed by atoms with E-state index in [0.717, 1.165) is 11.1 Å². The predicted octanol–water partition coefficient (Wildman–Crippen LogP) is 4.40. The van der Waals surface area contributed by atoms with Crippen molar-refractivity contribution < 1.29 is 13.6 Å². The number of halogens is 1. The largest absolute Gasteiger partial charge is 0.418 e. The second kappa shape index (κ2) is 7.84. The van der Waals surface area contributed by atoms with Crippen LogP contribution in [-0.4, -0.2) is 16.1 Å². The molecule has 5 nitrogen and oxygen atoms in total. The van der Waals surface area contributed by atoms with Gasteiger partial charge < -0.3 is 9.73 Å². The molecule has 1 amide bonds. The van der Waals surface area contributed by atoms with Gasteiger partial charge in [0.2, 0.25) is 11.8 Å². The molecule has 1 atom stereocenters. The van der Waals surface area contributed by atoms with Crippen LogP contribution in [0.25, 0.3) is 11.5 Å². The topological polar surface area (TPSA) is 68.0 Å². The average Bonchev–Trinajstić information content (AvgIpc) is 3.23. The van der Waals surface area contributed by atoms with Gasteiger partial charge in [0.05, 0.1) is 5.56 Å². The van der Waals surface area contributed by atoms with Crippen molar-refractivity contribution >= 4 is 5.91 Å². The Hall–Kier alpha value is -3.80. The molecule has 3 aromatic carbocycles. The Labute approximate surface area is 160 Å². The van der Waals surface area contributed by atoms with E-state index in [-0.39, 0.29) is 11.5 Å². The van der Waals surface area contributed by atoms with Crippen LogP contribution < -0.4 is 5.32 Å². The number of hydrogen-bond donors (Lipinski definition) is 1. The molecule has 0 saturated carbocycles. The molecular formula is C22H16FN3O2. The summed E-state index contributed by atoms with van der Waals surface area (Å²) in [6, 6.07) is 23.6. The number of carbonyl (C=O) groups excluding carboxylic acids is 1. The number of aromatic nitrogens is 2. The van der Waals surface area contributed by atoms with Gasteiger partial charge in [0.15, 0.2) is 0 Å². The first kappa shape index (κ1) is 17.6. The molecule has 0 radical (unpaired) electrons. The fraction of sp³-hybridized carbons (Fsp3) is 0.0455. The summed E-state index contributed by atoms with van der Waals surface area (Å²) in [6.07, 6.45) is 0. The van der Waals surface area contributed by atoms with E-state index in [1.807, 2.05) is 60.7 Å². The van der Waals surface area contributed by atoms with Gasteiger partial charge in [0, 0.05) is 5.56 Å². The Morgan fingerprint density at radius 2 is 1.50 bits per heavy atom. The molecule has 6 heteroatoms. The van der Waals surface area contributed by atoms with Crippen molar-refractivity contribution in [2.24, 2.45) is 0 Å². The fourth-order valence-electron chi connectivity index (χ4n) is 2.84. The number of benzene rings is 3. The highest BCUT2D eigenvalue weighted by molar-refractivity contribution is 5.94. The van der Waals surface area contributed by atoms with Gasteiger partial charge in [-0.3, -0.25) is 4.79 Å². The van der Waals surface area contributed by atoms with Crippen LogP contribution >= 0.6 is 0 Å². The highest BCUT2D eigenvalue weighted by Gasteiger charge is 2.24. The molecule has 0 saturated heterocycles. The normalized spacial score (nSPS) is 11.8. The second-order valence-corrected chi connectivity index (χ2v) is 6.11. The van der Waals surface area contributed by atoms with Crippen LogP contribution in [0.4, 0.5) is 4.39 Å². The molecule has 0 aliphatic rings. The second-order valence-electron chi connectivity index (χ2n) is 6.11. The minimum atomic E-state index is -0.710. The number of nitrogens with one attached hydrogen (secondary N) is 1. The molecule has 4 rings (SSSR count). The molecule has 28 heavy (non-hydrogen) atoms. The number of carbonyl (C=O) groups is 1. The number of hydrogen-bond acceptors (Lipinski definition) is 4. The molecule has 1 N–H and O–H groups in total. The highest BCUT2D eigenvalue weighted by Crippen LogP contribution is 2.25. The lowest BCUT2D eigenvalue weighted by molar-refractivity contribution is 0.0934. The van der Waals surface area contributed by atoms with Crippen LogP contribution in [0, 0.1) is 5.82 Å². The first-order valence-electron chi connectivity index (χ1n) is 8.71. The van der Waals surface area contributed by atoms with Crippen LogP contribution in [0.5, 0.6) is 0 Å². The van der Waals surface area contributed by atoms with Crippen molar-refractivity contribution in [1.29, 1.82) is 0 Å². The van der Waals surface area contributed by atoms with Crippen molar-refractivity contribution in [2.45, 2.75) is 6.04 Å². The smallest absolute Gasteiger partial charge is 0.255 e. The summed E-state index contributed by atoms with van der Waals surface area (Å²) in [5.74, 6) is -0.597. The van der Waals surface area contributed by atoms with Gasteiger partial charge in [0.25, 0.3) is 5.91 Å². The van der Waals surface area contributed by atoms with E-state index in [2.05, 4.69) is 15.5 Å². The molecule has 1 aromatic heterocycles. The van der Waals surface area contributed by atoms with Gasteiger partial charge in [-0.05, 0) is 29.8 Å². The summed E-state index contributed by atoms with van der Waals surface area (Å²) in [4.78, 5) is 12.7. The van der Waals surface area contributed by atoms with Gasteiger partial charge in [-0.1, -0.05) is 60.7 Å². The Morgan fingerprint density at radius 3 is 2.21 bits per heavy atom. The molecule has 138 valence electrons. The summed E-state index contributed by atoms with van der Waals surface area (Å²) in [5, 5.41) is 11.0. The summed E-state index contributed by atoms with van der Waals surface area (Å²) in [6.45, 7) is 0. The van der Waals surface area contributed by atoms with E-state index in [9.17, 15) is 9.18 Å². The van der Waals surface area contributed by atoms with Gasteiger partial charge in [-0.25, -0.2) is 4.39 Å². The van der Waals surface area contributed by atoms with Crippen LogP contribution in [0.1, 0.15) is 27.9 Å². The van der Waals surface area contributed by atoms with E-state index in [0.29, 0.717) is 5.89 Å². The molecule has 0 aliphatic heterocycles. The van der Waals surface area contributed by atoms with Crippen molar-refractivity contribution in [1.82, 2.24) is 15.5 Å². The Morgan fingerprint density at radius 1 is 0.857 bits per heavy atom. The summed E-state index contributed by atoms with van der Waals surface area (Å²) in [7, 11) is 0. The van der Waals surface area contributed by atoms with Crippen LogP contribution in [0.2, 0.25) is 0 Å². The van der Waals surface area contributed by atoms with Crippen LogP contribution in [0.3, 0.4) is 0 Å². The van der Waals surface area contributed by atoms with Crippen LogP contribution in [0.15, 0.2) is 89.3 Å². The average molecular weight is 373 g/mol. The zero-order valence-electron chi connectivity index (χ0n) is 14.7. The zero-order chi connectivity index (χ0) is 19.3. The lowest BCUT2D eigenvalue weighted by Crippen LogP contribution is -2.30. The van der Waals surface area contributed by atoms with Crippen molar-refractivity contribution in [2.75, 3.05) is 0 Å². The molecular weight excluding hydrogens is 357 g/mol. The van der Waals surface area contributed by atoms with Gasteiger partial charge >= 0.3 is 0 Å². The van der Waals surface area contributed by atoms with E-state index in [4.69, 9.17) is 4.42 Å². The van der Waals surface area contributed by atoms with Gasteiger partial charge in [-0.15, -0.1) is 10.2 Å². The summed E-state index contributed by atoms with van der Waals surface area (Å²) in [5.41, 5.74) is 1.47. The Kier molecular flexibility index (Phi) is 4.93. The number of nitrogens with zero attached hydrogens (tertiary/aromatic N) is 2. The first-order chi connectivity index (χ1) is 13.7. The molecule has 0 fully saturated rings. The first-order valence-corrected chi connectivity index (χ1v) is 8.71. The van der Waals surface area contributed by atoms with Crippen molar-refractivity contribution in [3.8, 4) is 11.5 Å². The van der Waals surface area contributed by atoms with E-state index in [1.165, 1.54) is 18.2 Å². The SMILES string of the molecule is O=C(N[C@@H](c1ccccc1)c1nnc(-c2ccccc2)o1)c1ccccc1F. The Bertz CT molecular complexity index is 1080. The number of rotatable bonds is 5. The van der Waals surface area contributed by atoms with E-state index < -0.39 is 17.8 Å². The Balaban J connectivity index is 1.68.